The van der Waals surface area contributed by atoms with E-state index in [-0.39, 0.29) is 6.03 Å². The summed E-state index contributed by atoms with van der Waals surface area (Å²) in [6.45, 7) is 0. The highest BCUT2D eigenvalue weighted by molar-refractivity contribution is 7.10. The van der Waals surface area contributed by atoms with Crippen molar-refractivity contribution >= 4 is 29.0 Å². The van der Waals surface area contributed by atoms with Gasteiger partial charge < -0.3 is 16.4 Å². The van der Waals surface area contributed by atoms with E-state index in [9.17, 15) is 9.59 Å². The number of nitrogens with two attached hydrogens (primary N) is 1. The fourth-order valence-electron chi connectivity index (χ4n) is 3.19. The maximum atomic E-state index is 12.2. The van der Waals surface area contributed by atoms with Crippen LogP contribution in [-0.2, 0) is 4.79 Å². The second-order valence-electron chi connectivity index (χ2n) is 6.14. The quantitative estimate of drug-likeness (QED) is 0.650. The van der Waals surface area contributed by atoms with E-state index < -0.39 is 11.9 Å². The number of carbonyl (C=O) groups is 2. The Kier molecular flexibility index (Phi) is 4.48. The third-order valence-electron chi connectivity index (χ3n) is 4.45. The molecule has 134 valence electrons. The normalized spacial score (nSPS) is 16.6. The van der Waals surface area contributed by atoms with Crippen molar-refractivity contribution in [3.8, 4) is 11.1 Å². The zero-order valence-electron chi connectivity index (χ0n) is 14.3. The van der Waals surface area contributed by atoms with Crippen molar-refractivity contribution in [2.24, 2.45) is 5.73 Å². The topological polar surface area (TPSA) is 84.2 Å². The Balaban J connectivity index is 1.78. The molecule has 3 aromatic rings. The average molecular weight is 375 g/mol. The lowest BCUT2D eigenvalue weighted by molar-refractivity contribution is -0.114. The first kappa shape index (κ1) is 17.1. The number of benzene rings is 2. The minimum absolute atomic E-state index is 0.351. The van der Waals surface area contributed by atoms with Crippen molar-refractivity contribution in [3.05, 3.63) is 88.1 Å². The van der Waals surface area contributed by atoms with Crippen molar-refractivity contribution in [1.29, 1.82) is 0 Å². The maximum absolute atomic E-state index is 12.2. The Labute approximate surface area is 160 Å². The van der Waals surface area contributed by atoms with Crippen molar-refractivity contribution < 1.29 is 9.59 Å². The number of hydrogen-bond acceptors (Lipinski definition) is 3. The highest BCUT2D eigenvalue weighted by atomic mass is 32.1. The van der Waals surface area contributed by atoms with Crippen LogP contribution in [0.3, 0.4) is 0 Å². The van der Waals surface area contributed by atoms with Crippen LogP contribution in [0.2, 0.25) is 0 Å². The fraction of sp³-hybridized carbons (Fsp3) is 0.0476. The van der Waals surface area contributed by atoms with Crippen LogP contribution in [-0.4, -0.2) is 11.9 Å². The van der Waals surface area contributed by atoms with Crippen molar-refractivity contribution in [3.63, 3.8) is 0 Å². The largest absolute Gasteiger partial charge is 0.366 e. The number of carbonyl (C=O) groups excluding carboxylic acids is 2. The van der Waals surface area contributed by atoms with Gasteiger partial charge in [-0.05, 0) is 28.1 Å². The molecule has 0 bridgehead atoms. The van der Waals surface area contributed by atoms with E-state index in [1.807, 2.05) is 72.1 Å². The number of hydrogen-bond donors (Lipinski definition) is 3. The van der Waals surface area contributed by atoms with Crippen molar-refractivity contribution in [2.75, 3.05) is 0 Å². The zero-order chi connectivity index (χ0) is 18.8. The lowest BCUT2D eigenvalue weighted by Crippen LogP contribution is -2.45. The molecule has 1 atom stereocenters. The summed E-state index contributed by atoms with van der Waals surface area (Å²) < 4.78 is 0. The predicted octanol–water partition coefficient (Wildman–Crippen LogP) is 3.67. The summed E-state index contributed by atoms with van der Waals surface area (Å²) in [7, 11) is 0. The van der Waals surface area contributed by atoms with E-state index in [4.69, 9.17) is 5.73 Å². The average Bonchev–Trinajstić information content (AvgIpc) is 3.22. The summed E-state index contributed by atoms with van der Waals surface area (Å²) in [4.78, 5) is 25.3. The summed E-state index contributed by atoms with van der Waals surface area (Å²) in [5, 5.41) is 7.44. The molecule has 0 saturated carbocycles. The molecule has 4 N–H and O–H groups in total. The number of rotatable bonds is 4. The molecule has 0 radical (unpaired) electrons. The SMILES string of the molecule is NC(=O)C1=C(c2ccc(-c3ccccc3)cc2)NC(=O)NC1c1cccs1. The molecule has 0 fully saturated rings. The van der Waals surface area contributed by atoms with Crippen LogP contribution < -0.4 is 16.4 Å². The monoisotopic (exact) mass is 375 g/mol. The van der Waals surface area contributed by atoms with Gasteiger partial charge in [0, 0.05) is 4.88 Å². The Bertz CT molecular complexity index is 1010. The minimum atomic E-state index is -0.567. The molecule has 2 aromatic carbocycles. The second-order valence-corrected chi connectivity index (χ2v) is 7.12. The molecule has 2 heterocycles. The van der Waals surface area contributed by atoms with Crippen LogP contribution in [0, 0.1) is 0 Å². The predicted molar refractivity (Wildman–Crippen MR) is 107 cm³/mol. The Morgan fingerprint density at radius 3 is 2.19 bits per heavy atom. The van der Waals surface area contributed by atoms with Crippen LogP contribution in [0.4, 0.5) is 4.79 Å². The molecule has 0 saturated heterocycles. The van der Waals surface area contributed by atoms with Gasteiger partial charge in [-0.15, -0.1) is 11.3 Å². The molecule has 1 unspecified atom stereocenters. The van der Waals surface area contributed by atoms with E-state index in [1.54, 1.807) is 0 Å². The van der Waals surface area contributed by atoms with Crippen molar-refractivity contribution in [1.82, 2.24) is 10.6 Å². The lowest BCUT2D eigenvalue weighted by Gasteiger charge is -2.28. The van der Waals surface area contributed by atoms with E-state index in [0.29, 0.717) is 11.3 Å². The van der Waals surface area contributed by atoms with Gasteiger partial charge in [-0.3, -0.25) is 4.79 Å². The number of urea groups is 1. The van der Waals surface area contributed by atoms with E-state index in [2.05, 4.69) is 10.6 Å². The second kappa shape index (κ2) is 7.09. The zero-order valence-corrected chi connectivity index (χ0v) is 15.1. The van der Waals surface area contributed by atoms with Crippen LogP contribution in [0.1, 0.15) is 16.5 Å². The third kappa shape index (κ3) is 3.35. The first-order chi connectivity index (χ1) is 13.1. The third-order valence-corrected chi connectivity index (χ3v) is 5.38. The molecule has 6 heteroatoms. The van der Waals surface area contributed by atoms with Gasteiger partial charge in [-0.1, -0.05) is 60.7 Å². The van der Waals surface area contributed by atoms with Gasteiger partial charge in [0.2, 0.25) is 5.91 Å². The molecular formula is C21H17N3O2S. The summed E-state index contributed by atoms with van der Waals surface area (Å²) in [5.74, 6) is -0.567. The number of primary amides is 1. The Morgan fingerprint density at radius 2 is 1.56 bits per heavy atom. The minimum Gasteiger partial charge on any atom is -0.366 e. The molecule has 3 amide bonds. The van der Waals surface area contributed by atoms with E-state index >= 15 is 0 Å². The lowest BCUT2D eigenvalue weighted by atomic mass is 9.95. The van der Waals surface area contributed by atoms with Gasteiger partial charge in [0.1, 0.15) is 0 Å². The maximum Gasteiger partial charge on any atom is 0.320 e. The van der Waals surface area contributed by atoms with Gasteiger partial charge in [-0.2, -0.15) is 0 Å². The molecule has 4 rings (SSSR count). The summed E-state index contributed by atoms with van der Waals surface area (Å²) in [6, 6.07) is 20.5. The Morgan fingerprint density at radius 1 is 0.889 bits per heavy atom. The van der Waals surface area contributed by atoms with Gasteiger partial charge in [-0.25, -0.2) is 4.79 Å². The smallest absolute Gasteiger partial charge is 0.320 e. The number of thiophene rings is 1. The molecule has 0 aliphatic carbocycles. The van der Waals surface area contributed by atoms with E-state index in [1.165, 1.54) is 11.3 Å². The molecule has 5 nitrogen and oxygen atoms in total. The van der Waals surface area contributed by atoms with Crippen LogP contribution in [0.5, 0.6) is 0 Å². The molecule has 1 aliphatic heterocycles. The van der Waals surface area contributed by atoms with Gasteiger partial charge >= 0.3 is 6.03 Å². The molecule has 1 aromatic heterocycles. The van der Waals surface area contributed by atoms with Gasteiger partial charge in [0.15, 0.2) is 0 Å². The molecule has 0 spiro atoms. The van der Waals surface area contributed by atoms with Crippen molar-refractivity contribution in [2.45, 2.75) is 6.04 Å². The number of amides is 3. The first-order valence-electron chi connectivity index (χ1n) is 8.44. The van der Waals surface area contributed by atoms with E-state index in [0.717, 1.165) is 21.6 Å². The summed E-state index contributed by atoms with van der Waals surface area (Å²) in [6.07, 6.45) is 0. The van der Waals surface area contributed by atoms with Crippen LogP contribution in [0.25, 0.3) is 16.8 Å². The van der Waals surface area contributed by atoms with Crippen LogP contribution in [0.15, 0.2) is 77.7 Å². The first-order valence-corrected chi connectivity index (χ1v) is 9.32. The summed E-state index contributed by atoms with van der Waals surface area (Å²) >= 11 is 1.47. The highest BCUT2D eigenvalue weighted by Crippen LogP contribution is 2.33. The molecule has 27 heavy (non-hydrogen) atoms. The van der Waals surface area contributed by atoms with Gasteiger partial charge in [0.05, 0.1) is 17.3 Å². The van der Waals surface area contributed by atoms with Gasteiger partial charge in [0.25, 0.3) is 0 Å². The van der Waals surface area contributed by atoms with Crippen LogP contribution >= 0.6 is 11.3 Å². The highest BCUT2D eigenvalue weighted by Gasteiger charge is 2.32. The summed E-state index contributed by atoms with van der Waals surface area (Å²) in [5.41, 5.74) is 9.36. The fourth-order valence-corrected chi connectivity index (χ4v) is 3.97. The standard InChI is InChI=1S/C21H17N3O2S/c22-20(25)17-18(23-21(26)24-19(17)16-7-4-12-27-16)15-10-8-14(9-11-15)13-5-2-1-3-6-13/h1-12,19H,(H2,22,25)(H2,23,24,26). The Hall–Kier alpha value is -3.38. The molecule has 1 aliphatic rings. The molecular weight excluding hydrogens is 358 g/mol. The number of nitrogens with one attached hydrogen (secondary N) is 2.